The van der Waals surface area contributed by atoms with Crippen LogP contribution in [0.1, 0.15) is 27.7 Å². The molecule has 0 bridgehead atoms. The van der Waals surface area contributed by atoms with Crippen LogP contribution in [-0.2, 0) is 39.1 Å². The van der Waals surface area contributed by atoms with Gasteiger partial charge < -0.3 is 28.0 Å². The van der Waals surface area contributed by atoms with Crippen molar-refractivity contribution in [2.75, 3.05) is 19.7 Å². The van der Waals surface area contributed by atoms with E-state index >= 15 is 0 Å². The number of hydrogen-bond donors (Lipinski definition) is 1. The van der Waals surface area contributed by atoms with E-state index in [0.717, 1.165) is 10.8 Å². The molecule has 15 heteroatoms. The Bertz CT molecular complexity index is 954. The van der Waals surface area contributed by atoms with Gasteiger partial charge in [-0.05, 0) is 27.7 Å². The average Bonchev–Trinajstić information content (AvgIpc) is 2.68. The largest absolute Gasteiger partial charge is 0.517 e. The van der Waals surface area contributed by atoms with Gasteiger partial charge in [0.1, 0.15) is 5.02 Å². The number of H-pyrrole nitrogens is 1. The summed E-state index contributed by atoms with van der Waals surface area (Å²) < 4.78 is 42.6. The Morgan fingerprint density at radius 2 is 1.55 bits per heavy atom. The second kappa shape index (κ2) is 13.8. The molecule has 0 aromatic carbocycles. The van der Waals surface area contributed by atoms with Gasteiger partial charge in [0.2, 0.25) is 0 Å². The Labute approximate surface area is 194 Å². The SMILES string of the molecule is CC(C)OCOC(=O)OP(=O)(C/C=C\Cn1cc(Cl)c(=O)[nH]c1=O)OC(=O)OCOC(C)C. The predicted octanol–water partition coefficient (Wildman–Crippen LogP) is 3.01. The third-order valence-corrected chi connectivity index (χ3v) is 5.13. The Balaban J connectivity index is 2.82. The van der Waals surface area contributed by atoms with Crippen LogP contribution >= 0.6 is 19.2 Å². The van der Waals surface area contributed by atoms with E-state index in [4.69, 9.17) is 30.1 Å². The van der Waals surface area contributed by atoms with E-state index in [1.807, 2.05) is 4.98 Å². The lowest BCUT2D eigenvalue weighted by Crippen LogP contribution is -2.29. The zero-order chi connectivity index (χ0) is 25.0. The summed E-state index contributed by atoms with van der Waals surface area (Å²) >= 11 is 5.67. The van der Waals surface area contributed by atoms with Gasteiger partial charge in [-0.25, -0.2) is 18.9 Å². The highest BCUT2D eigenvalue weighted by Gasteiger charge is 2.33. The van der Waals surface area contributed by atoms with E-state index < -0.39 is 50.9 Å². The normalized spacial score (nSPS) is 11.7. The van der Waals surface area contributed by atoms with E-state index in [-0.39, 0.29) is 23.8 Å². The molecule has 1 N–H and O–H groups in total. The highest BCUT2D eigenvalue weighted by Crippen LogP contribution is 2.49. The van der Waals surface area contributed by atoms with Gasteiger partial charge in [-0.15, -0.1) is 0 Å². The van der Waals surface area contributed by atoms with Crippen molar-refractivity contribution >= 4 is 31.5 Å². The molecule has 0 aliphatic carbocycles. The molecule has 0 fully saturated rings. The van der Waals surface area contributed by atoms with Crippen LogP contribution in [0.3, 0.4) is 0 Å². The van der Waals surface area contributed by atoms with Crippen LogP contribution in [0.15, 0.2) is 27.9 Å². The number of ether oxygens (including phenoxy) is 4. The monoisotopic (exact) mass is 512 g/mol. The number of nitrogens with one attached hydrogen (secondary N) is 1. The van der Waals surface area contributed by atoms with Crippen molar-refractivity contribution in [2.24, 2.45) is 0 Å². The molecule has 0 amide bonds. The molecular weight excluding hydrogens is 487 g/mol. The van der Waals surface area contributed by atoms with E-state index in [1.165, 1.54) is 12.2 Å². The molecule has 0 atom stereocenters. The number of carbonyl (C=O) groups is 2. The highest BCUT2D eigenvalue weighted by molar-refractivity contribution is 7.55. The Hall–Kier alpha value is -2.60. The maximum Gasteiger partial charge on any atom is 0.517 e. The summed E-state index contributed by atoms with van der Waals surface area (Å²) in [4.78, 5) is 48.7. The molecule has 0 aliphatic rings. The molecule has 13 nitrogen and oxygen atoms in total. The fraction of sp³-hybridized carbons (Fsp3) is 0.556. The fourth-order valence-electron chi connectivity index (χ4n) is 1.82. The maximum absolute atomic E-state index is 12.9. The summed E-state index contributed by atoms with van der Waals surface area (Å²) in [5, 5.41) is -0.210. The van der Waals surface area contributed by atoms with Gasteiger partial charge in [0.05, 0.1) is 18.4 Å². The lowest BCUT2D eigenvalue weighted by Gasteiger charge is -2.17. The second-order valence-electron chi connectivity index (χ2n) is 6.79. The van der Waals surface area contributed by atoms with Gasteiger partial charge in [0, 0.05) is 12.7 Å². The van der Waals surface area contributed by atoms with Crippen LogP contribution in [-0.4, -0.2) is 53.8 Å². The van der Waals surface area contributed by atoms with Gasteiger partial charge in [0.25, 0.3) is 5.56 Å². The molecule has 0 radical (unpaired) electrons. The van der Waals surface area contributed by atoms with E-state index in [1.54, 1.807) is 27.7 Å². The summed E-state index contributed by atoms with van der Waals surface area (Å²) in [6, 6.07) is 0. The molecule has 186 valence electrons. The smallest absolute Gasteiger partial charge is 0.407 e. The lowest BCUT2D eigenvalue weighted by atomic mass is 10.5. The van der Waals surface area contributed by atoms with Gasteiger partial charge in [0.15, 0.2) is 13.6 Å². The summed E-state index contributed by atoms with van der Waals surface area (Å²) in [6.07, 6.45) is -0.187. The molecule has 1 aromatic rings. The molecule has 1 rings (SSSR count). The van der Waals surface area contributed by atoms with E-state index in [0.29, 0.717) is 0 Å². The number of carbonyl (C=O) groups excluding carboxylic acids is 2. The number of rotatable bonds is 12. The number of aromatic nitrogens is 2. The summed E-state index contributed by atoms with van der Waals surface area (Å²) in [7, 11) is -4.43. The van der Waals surface area contributed by atoms with Crippen molar-refractivity contribution < 1.29 is 42.1 Å². The summed E-state index contributed by atoms with van der Waals surface area (Å²) in [5.74, 6) is 0. The molecular formula is C18H26ClN2O11P. The summed E-state index contributed by atoms with van der Waals surface area (Å²) in [6.45, 7) is 5.75. The van der Waals surface area contributed by atoms with Gasteiger partial charge >= 0.3 is 25.6 Å². The second-order valence-corrected chi connectivity index (χ2v) is 9.15. The first-order chi connectivity index (χ1) is 15.4. The molecule has 0 unspecified atom stereocenters. The molecule has 0 spiro atoms. The first kappa shape index (κ1) is 28.4. The van der Waals surface area contributed by atoms with Crippen LogP contribution in [0.5, 0.6) is 0 Å². The Morgan fingerprint density at radius 3 is 2.03 bits per heavy atom. The molecule has 33 heavy (non-hydrogen) atoms. The quantitative estimate of drug-likeness (QED) is 0.189. The van der Waals surface area contributed by atoms with Crippen molar-refractivity contribution in [3.63, 3.8) is 0 Å². The first-order valence-corrected chi connectivity index (χ1v) is 11.7. The minimum atomic E-state index is -4.43. The lowest BCUT2D eigenvalue weighted by molar-refractivity contribution is -0.0602. The third kappa shape index (κ3) is 11.7. The van der Waals surface area contributed by atoms with E-state index in [2.05, 4.69) is 9.47 Å². The minimum absolute atomic E-state index is 0.0886. The van der Waals surface area contributed by atoms with Crippen molar-refractivity contribution in [1.82, 2.24) is 9.55 Å². The number of nitrogens with zero attached hydrogens (tertiary/aromatic N) is 1. The molecule has 1 heterocycles. The van der Waals surface area contributed by atoms with Crippen LogP contribution in [0, 0.1) is 0 Å². The van der Waals surface area contributed by atoms with Crippen LogP contribution < -0.4 is 11.2 Å². The molecule has 0 saturated heterocycles. The van der Waals surface area contributed by atoms with Gasteiger partial charge in [-0.1, -0.05) is 23.8 Å². The van der Waals surface area contributed by atoms with Crippen molar-refractivity contribution in [1.29, 1.82) is 0 Å². The number of allylic oxidation sites excluding steroid dienone is 2. The van der Waals surface area contributed by atoms with E-state index in [9.17, 15) is 23.7 Å². The molecule has 0 saturated carbocycles. The molecule has 1 aromatic heterocycles. The first-order valence-electron chi connectivity index (χ1n) is 9.61. The number of hydrogen-bond acceptors (Lipinski definition) is 11. The summed E-state index contributed by atoms with van der Waals surface area (Å²) in [5.41, 5.74) is -1.47. The topological polar surface area (TPSA) is 161 Å². The highest BCUT2D eigenvalue weighted by atomic mass is 35.5. The predicted molar refractivity (Wildman–Crippen MR) is 115 cm³/mol. The fourth-order valence-corrected chi connectivity index (χ4v) is 3.14. The number of aromatic amines is 1. The minimum Gasteiger partial charge on any atom is -0.407 e. The maximum atomic E-state index is 12.9. The average molecular weight is 513 g/mol. The number of halogens is 1. The Kier molecular flexibility index (Phi) is 11.9. The van der Waals surface area contributed by atoms with Crippen LogP contribution in [0.2, 0.25) is 5.02 Å². The van der Waals surface area contributed by atoms with Crippen molar-refractivity contribution in [2.45, 2.75) is 46.4 Å². The zero-order valence-corrected chi connectivity index (χ0v) is 20.1. The zero-order valence-electron chi connectivity index (χ0n) is 18.5. The van der Waals surface area contributed by atoms with Crippen LogP contribution in [0.25, 0.3) is 0 Å². The van der Waals surface area contributed by atoms with Crippen LogP contribution in [0.4, 0.5) is 9.59 Å². The Morgan fingerprint density at radius 1 is 1.03 bits per heavy atom. The van der Waals surface area contributed by atoms with Crippen molar-refractivity contribution in [3.8, 4) is 0 Å². The van der Waals surface area contributed by atoms with Gasteiger partial charge in [-0.2, -0.15) is 0 Å². The standard InChI is InChI=1S/C18H26ClN2O11P/c1-12(2)27-10-29-17(24)31-33(26,32-18(25)30-11-28-13(3)4)8-6-5-7-21-9-14(19)15(22)20-16(21)23/h5-6,9,12-13H,7-8,10-11H2,1-4H3,(H,20,22,23)/b6-5-. The van der Waals surface area contributed by atoms with Gasteiger partial charge in [-0.3, -0.25) is 14.3 Å². The third-order valence-electron chi connectivity index (χ3n) is 3.35. The molecule has 0 aliphatic heterocycles. The van der Waals surface area contributed by atoms with Crippen molar-refractivity contribution in [3.05, 3.63) is 44.2 Å².